The van der Waals surface area contributed by atoms with Gasteiger partial charge in [-0.1, -0.05) is 31.6 Å². The molecule has 174 valence electrons. The topological polar surface area (TPSA) is 72.9 Å². The highest BCUT2D eigenvalue weighted by molar-refractivity contribution is 6.12. The molecule has 2 N–H and O–H groups in total. The molecule has 33 heavy (non-hydrogen) atoms. The fourth-order valence-electron chi connectivity index (χ4n) is 4.64. The lowest BCUT2D eigenvalue weighted by atomic mass is 10.0. The molecule has 0 saturated heterocycles. The predicted octanol–water partition coefficient (Wildman–Crippen LogP) is 3.92. The van der Waals surface area contributed by atoms with Gasteiger partial charge in [0.05, 0.1) is 0 Å². The number of rotatable bonds is 6. The summed E-state index contributed by atoms with van der Waals surface area (Å²) in [6.07, 6.45) is 13.5. The van der Waals surface area contributed by atoms with Gasteiger partial charge in [0.25, 0.3) is 5.91 Å². The van der Waals surface area contributed by atoms with Crippen LogP contribution in [0.2, 0.25) is 0 Å². The average molecular weight is 447 g/mol. The Morgan fingerprint density at radius 2 is 2.12 bits per heavy atom. The summed E-state index contributed by atoms with van der Waals surface area (Å²) < 4.78 is 0. The zero-order chi connectivity index (χ0) is 23.4. The minimum Gasteiger partial charge on any atom is -0.343 e. The molecular formula is C26H34N6O. The summed E-state index contributed by atoms with van der Waals surface area (Å²) in [6, 6.07) is 4.32. The van der Waals surface area contributed by atoms with E-state index in [0.29, 0.717) is 17.3 Å². The monoisotopic (exact) mass is 446 g/mol. The number of nitrogens with zero attached hydrogens (tertiary/aromatic N) is 4. The summed E-state index contributed by atoms with van der Waals surface area (Å²) in [5.41, 5.74) is 4.10. The number of carbonyl (C=O) groups excluding carboxylic acids is 1. The van der Waals surface area contributed by atoms with E-state index in [9.17, 15) is 4.79 Å². The van der Waals surface area contributed by atoms with Crippen molar-refractivity contribution in [2.45, 2.75) is 45.1 Å². The molecule has 1 amide bonds. The fraction of sp³-hybridized carbons (Fsp3) is 0.423. The molecule has 3 aliphatic rings. The Kier molecular flexibility index (Phi) is 7.08. The Balaban J connectivity index is 1.55. The Morgan fingerprint density at radius 3 is 2.73 bits per heavy atom. The molecule has 1 aromatic rings. The van der Waals surface area contributed by atoms with E-state index in [1.54, 1.807) is 19.0 Å². The van der Waals surface area contributed by atoms with E-state index in [1.165, 1.54) is 18.4 Å². The van der Waals surface area contributed by atoms with E-state index >= 15 is 0 Å². The van der Waals surface area contributed by atoms with Crippen molar-refractivity contribution in [1.82, 2.24) is 20.1 Å². The third-order valence-corrected chi connectivity index (χ3v) is 6.38. The van der Waals surface area contributed by atoms with Crippen LogP contribution >= 0.6 is 0 Å². The van der Waals surface area contributed by atoms with Crippen molar-refractivity contribution in [1.29, 1.82) is 0 Å². The summed E-state index contributed by atoms with van der Waals surface area (Å²) in [5, 5.41) is 6.56. The van der Waals surface area contributed by atoms with E-state index < -0.39 is 0 Å². The van der Waals surface area contributed by atoms with Crippen LogP contribution in [0.25, 0.3) is 5.57 Å². The first-order valence-corrected chi connectivity index (χ1v) is 11.8. The second-order valence-electron chi connectivity index (χ2n) is 8.90. The second-order valence-corrected chi connectivity index (χ2v) is 8.90. The van der Waals surface area contributed by atoms with Crippen LogP contribution in [0.1, 0.15) is 44.6 Å². The lowest BCUT2D eigenvalue weighted by molar-refractivity contribution is -0.126. The molecule has 7 heteroatoms. The van der Waals surface area contributed by atoms with Crippen LogP contribution < -0.4 is 10.6 Å². The molecule has 0 radical (unpaired) electrons. The quantitative estimate of drug-likeness (QED) is 0.693. The van der Waals surface area contributed by atoms with Gasteiger partial charge in [0.15, 0.2) is 0 Å². The molecule has 3 heterocycles. The number of allylic oxidation sites excluding steroid dienone is 1. The number of nitrogens with one attached hydrogen (secondary N) is 2. The molecule has 0 unspecified atom stereocenters. The molecular weight excluding hydrogens is 412 g/mol. The number of hydrogen-bond acceptors (Lipinski definition) is 5. The van der Waals surface area contributed by atoms with Crippen LogP contribution in [0.15, 0.2) is 65.2 Å². The fourth-order valence-corrected chi connectivity index (χ4v) is 4.64. The van der Waals surface area contributed by atoms with Crippen molar-refractivity contribution in [2.24, 2.45) is 4.99 Å². The summed E-state index contributed by atoms with van der Waals surface area (Å²) >= 11 is 0. The van der Waals surface area contributed by atoms with E-state index in [-0.39, 0.29) is 11.9 Å². The largest absolute Gasteiger partial charge is 0.343 e. The van der Waals surface area contributed by atoms with Crippen molar-refractivity contribution >= 4 is 23.1 Å². The number of hydrogen-bond donors (Lipinski definition) is 2. The van der Waals surface area contributed by atoms with Gasteiger partial charge in [-0.3, -0.25) is 4.79 Å². The normalized spacial score (nSPS) is 21.4. The van der Waals surface area contributed by atoms with Crippen LogP contribution in [-0.4, -0.2) is 59.8 Å². The highest BCUT2D eigenvalue weighted by Crippen LogP contribution is 2.34. The van der Waals surface area contributed by atoms with Gasteiger partial charge >= 0.3 is 0 Å². The van der Waals surface area contributed by atoms with Gasteiger partial charge in [0, 0.05) is 38.5 Å². The highest BCUT2D eigenvalue weighted by Gasteiger charge is 2.37. The lowest BCUT2D eigenvalue weighted by Crippen LogP contribution is -2.40. The lowest BCUT2D eigenvalue weighted by Gasteiger charge is -2.30. The number of likely N-dealkylation sites (N-methyl/N-ethyl adjacent to an activating group) is 1. The minimum atomic E-state index is -0.00510. The summed E-state index contributed by atoms with van der Waals surface area (Å²) in [5.74, 6) is 1.98. The zero-order valence-electron chi connectivity index (χ0n) is 19.9. The summed E-state index contributed by atoms with van der Waals surface area (Å²) in [4.78, 5) is 26.1. The van der Waals surface area contributed by atoms with E-state index in [1.807, 2.05) is 31.3 Å². The molecule has 4 rings (SSSR count). The molecule has 1 fully saturated rings. The van der Waals surface area contributed by atoms with E-state index in [2.05, 4.69) is 39.2 Å². The van der Waals surface area contributed by atoms with Crippen LogP contribution in [0.5, 0.6) is 0 Å². The third-order valence-electron chi connectivity index (χ3n) is 6.38. The molecule has 1 aliphatic carbocycles. The number of carbonyl (C=O) groups is 1. The van der Waals surface area contributed by atoms with Gasteiger partial charge in [-0.2, -0.15) is 0 Å². The third kappa shape index (κ3) is 5.09. The number of amides is 1. The molecule has 0 aromatic carbocycles. The molecule has 1 saturated carbocycles. The number of amidine groups is 1. The van der Waals surface area contributed by atoms with Gasteiger partial charge in [-0.05, 0) is 62.1 Å². The molecule has 2 aliphatic heterocycles. The summed E-state index contributed by atoms with van der Waals surface area (Å²) in [7, 11) is 3.58. The van der Waals surface area contributed by atoms with Crippen LogP contribution in [0.4, 0.5) is 5.82 Å². The van der Waals surface area contributed by atoms with Crippen molar-refractivity contribution < 1.29 is 4.79 Å². The molecule has 7 nitrogen and oxygen atoms in total. The molecule has 0 atom stereocenters. The second kappa shape index (κ2) is 10.2. The van der Waals surface area contributed by atoms with Gasteiger partial charge in [-0.15, -0.1) is 0 Å². The Morgan fingerprint density at radius 1 is 1.33 bits per heavy atom. The van der Waals surface area contributed by atoms with E-state index in [0.717, 1.165) is 49.3 Å². The standard InChI is InChI=1S/C26H34N6O/c1-5-19-16-23(26(33)31(3)4)32(22-8-6-7-9-22)25(19)30-18(2)29-24-11-10-21(17-28-24)20-12-14-27-15-13-20/h5,10-12,16-17,22,27H,2,6-9,13-15H2,1,3-4H3,(H,28,29)/b19-5-,30-25+. The molecule has 0 bridgehead atoms. The SMILES string of the molecule is C=C(/N=C1\C(=C/C)C=C(C(=O)N(C)C)N1C1CCCC1)Nc1ccc(C2=CCNCC2)cn1. The van der Waals surface area contributed by atoms with E-state index in [4.69, 9.17) is 4.99 Å². The Hall–Kier alpha value is -3.19. The summed E-state index contributed by atoms with van der Waals surface area (Å²) in [6.45, 7) is 8.01. The van der Waals surface area contributed by atoms with Crippen molar-refractivity contribution in [3.8, 4) is 0 Å². The average Bonchev–Trinajstić information content (AvgIpc) is 3.47. The van der Waals surface area contributed by atoms with Crippen LogP contribution in [0, 0.1) is 0 Å². The molecule has 1 aromatic heterocycles. The maximum atomic E-state index is 12.9. The smallest absolute Gasteiger partial charge is 0.270 e. The maximum Gasteiger partial charge on any atom is 0.270 e. The van der Waals surface area contributed by atoms with Crippen LogP contribution in [0.3, 0.4) is 0 Å². The van der Waals surface area contributed by atoms with Crippen molar-refractivity contribution in [3.05, 3.63) is 65.8 Å². The maximum absolute atomic E-state index is 12.9. The van der Waals surface area contributed by atoms with Gasteiger partial charge in [-0.25, -0.2) is 9.98 Å². The first-order chi connectivity index (χ1) is 16.0. The minimum absolute atomic E-state index is 0.00510. The van der Waals surface area contributed by atoms with Crippen molar-refractivity contribution in [2.75, 3.05) is 32.5 Å². The van der Waals surface area contributed by atoms with Gasteiger partial charge in [0.1, 0.15) is 23.2 Å². The van der Waals surface area contributed by atoms with Gasteiger partial charge in [0.2, 0.25) is 0 Å². The number of aliphatic imine (C=N–C) groups is 1. The number of pyridine rings is 1. The Labute approximate surface area is 196 Å². The number of anilines is 1. The van der Waals surface area contributed by atoms with Crippen LogP contribution in [-0.2, 0) is 4.79 Å². The molecule has 0 spiro atoms. The highest BCUT2D eigenvalue weighted by atomic mass is 16.2. The van der Waals surface area contributed by atoms with Gasteiger partial charge < -0.3 is 20.4 Å². The predicted molar refractivity (Wildman–Crippen MR) is 135 cm³/mol. The first kappa shape index (κ1) is 23.0. The number of aromatic nitrogens is 1. The Bertz CT molecular complexity index is 1030. The van der Waals surface area contributed by atoms with Crippen molar-refractivity contribution in [3.63, 3.8) is 0 Å². The first-order valence-electron chi connectivity index (χ1n) is 11.8. The zero-order valence-corrected chi connectivity index (χ0v) is 19.9.